The molecule has 0 aromatic carbocycles. The van der Waals surface area contributed by atoms with Crippen molar-refractivity contribution in [1.82, 2.24) is 5.32 Å². The van der Waals surface area contributed by atoms with Gasteiger partial charge in [0.25, 0.3) is 0 Å². The average Bonchev–Trinajstić information content (AvgIpc) is 2.05. The summed E-state index contributed by atoms with van der Waals surface area (Å²) in [5.41, 5.74) is 0.121. The summed E-state index contributed by atoms with van der Waals surface area (Å²) in [6.07, 6.45) is 2.25. The fraction of sp³-hybridized carbons (Fsp3) is 1.00. The van der Waals surface area contributed by atoms with E-state index in [1.54, 1.807) is 0 Å². The first kappa shape index (κ1) is 8.45. The number of nitrogens with one attached hydrogen (secondary N) is 1. The van der Waals surface area contributed by atoms with Gasteiger partial charge in [0, 0.05) is 25.1 Å². The smallest absolute Gasteiger partial charge is 0.113 e. The van der Waals surface area contributed by atoms with E-state index < -0.39 is 6.17 Å². The summed E-state index contributed by atoms with van der Waals surface area (Å²) < 4.78 is 18.5. The van der Waals surface area contributed by atoms with E-state index in [0.717, 1.165) is 32.6 Å². The molecule has 0 bridgehead atoms. The van der Waals surface area contributed by atoms with Gasteiger partial charge in [0.1, 0.15) is 6.17 Å². The van der Waals surface area contributed by atoms with Crippen molar-refractivity contribution in [3.8, 4) is 0 Å². The predicted octanol–water partition coefficient (Wildman–Crippen LogP) is 1.11. The lowest BCUT2D eigenvalue weighted by Crippen LogP contribution is -2.49. The Morgan fingerprint density at radius 3 is 3.08 bits per heavy atom. The maximum atomic E-state index is 13.1. The van der Waals surface area contributed by atoms with Crippen molar-refractivity contribution in [2.45, 2.75) is 25.4 Å². The highest BCUT2D eigenvalue weighted by atomic mass is 19.1. The second-order valence-corrected chi connectivity index (χ2v) is 4.09. The number of halogens is 1. The van der Waals surface area contributed by atoms with E-state index in [-0.39, 0.29) is 5.41 Å². The van der Waals surface area contributed by atoms with E-state index in [4.69, 9.17) is 4.74 Å². The van der Waals surface area contributed by atoms with Crippen molar-refractivity contribution in [2.24, 2.45) is 5.41 Å². The van der Waals surface area contributed by atoms with E-state index in [1.165, 1.54) is 0 Å². The van der Waals surface area contributed by atoms with Crippen LogP contribution in [0.3, 0.4) is 0 Å². The Balaban J connectivity index is 1.97. The second kappa shape index (κ2) is 3.30. The highest BCUT2D eigenvalue weighted by molar-refractivity contribution is 4.90. The van der Waals surface area contributed by atoms with Crippen molar-refractivity contribution in [1.29, 1.82) is 0 Å². The zero-order valence-electron chi connectivity index (χ0n) is 7.31. The van der Waals surface area contributed by atoms with Gasteiger partial charge in [-0.2, -0.15) is 0 Å². The van der Waals surface area contributed by atoms with Crippen LogP contribution in [0.4, 0.5) is 4.39 Å². The Labute approximate surface area is 72.5 Å². The first-order chi connectivity index (χ1) is 5.81. The molecule has 0 saturated carbocycles. The number of hydrogen-bond donors (Lipinski definition) is 1. The Hall–Kier alpha value is -0.150. The second-order valence-electron chi connectivity index (χ2n) is 4.09. The molecule has 12 heavy (non-hydrogen) atoms. The van der Waals surface area contributed by atoms with Crippen LogP contribution in [0, 0.1) is 5.41 Å². The van der Waals surface area contributed by atoms with E-state index >= 15 is 0 Å². The number of ether oxygens (including phenoxy) is 1. The molecule has 2 nitrogen and oxygen atoms in total. The molecule has 2 fully saturated rings. The fourth-order valence-electron chi connectivity index (χ4n) is 2.32. The fourth-order valence-corrected chi connectivity index (χ4v) is 2.32. The molecule has 3 heteroatoms. The van der Waals surface area contributed by atoms with Gasteiger partial charge in [-0.25, -0.2) is 4.39 Å². The monoisotopic (exact) mass is 173 g/mol. The molecule has 0 radical (unpaired) electrons. The van der Waals surface area contributed by atoms with Gasteiger partial charge in [-0.1, -0.05) is 0 Å². The van der Waals surface area contributed by atoms with Crippen molar-refractivity contribution in [3.63, 3.8) is 0 Å². The summed E-state index contributed by atoms with van der Waals surface area (Å²) in [7, 11) is 0. The van der Waals surface area contributed by atoms with Crippen LogP contribution in [-0.4, -0.2) is 32.5 Å². The molecule has 2 unspecified atom stereocenters. The summed E-state index contributed by atoms with van der Waals surface area (Å²) in [4.78, 5) is 0. The van der Waals surface area contributed by atoms with Gasteiger partial charge in [-0.3, -0.25) is 0 Å². The quantitative estimate of drug-likeness (QED) is 0.592. The highest BCUT2D eigenvalue weighted by Gasteiger charge is 2.37. The maximum Gasteiger partial charge on any atom is 0.113 e. The van der Waals surface area contributed by atoms with Gasteiger partial charge in [0.2, 0.25) is 0 Å². The topological polar surface area (TPSA) is 21.3 Å². The van der Waals surface area contributed by atoms with Crippen LogP contribution >= 0.6 is 0 Å². The number of piperidine rings is 1. The molecule has 0 aromatic heterocycles. The van der Waals surface area contributed by atoms with Crippen molar-refractivity contribution < 1.29 is 9.13 Å². The number of rotatable bonds is 0. The van der Waals surface area contributed by atoms with E-state index in [2.05, 4.69) is 5.32 Å². The molecule has 0 amide bonds. The predicted molar refractivity (Wildman–Crippen MR) is 44.9 cm³/mol. The molecule has 70 valence electrons. The van der Waals surface area contributed by atoms with Gasteiger partial charge >= 0.3 is 0 Å². The van der Waals surface area contributed by atoms with Gasteiger partial charge in [0.15, 0.2) is 0 Å². The molecule has 2 saturated heterocycles. The normalized spacial score (nSPS) is 43.2. The van der Waals surface area contributed by atoms with Crippen LogP contribution in [0.15, 0.2) is 0 Å². The lowest BCUT2D eigenvalue weighted by molar-refractivity contribution is -0.0356. The third kappa shape index (κ3) is 1.62. The zero-order chi connectivity index (χ0) is 8.44. The first-order valence-electron chi connectivity index (χ1n) is 4.73. The third-order valence-corrected chi connectivity index (χ3v) is 2.92. The molecule has 2 aliphatic heterocycles. The SMILES string of the molecule is FC1CNCC2(CCCOC2)C1. The average molecular weight is 173 g/mol. The van der Waals surface area contributed by atoms with Gasteiger partial charge < -0.3 is 10.1 Å². The van der Waals surface area contributed by atoms with Crippen LogP contribution < -0.4 is 5.32 Å². The van der Waals surface area contributed by atoms with Gasteiger partial charge in [-0.05, 0) is 19.3 Å². The molecule has 2 atom stereocenters. The minimum atomic E-state index is -0.666. The Kier molecular flexibility index (Phi) is 2.33. The van der Waals surface area contributed by atoms with Gasteiger partial charge in [-0.15, -0.1) is 0 Å². The molecule has 2 aliphatic rings. The first-order valence-corrected chi connectivity index (χ1v) is 4.73. The molecule has 1 spiro atoms. The molecule has 0 aliphatic carbocycles. The van der Waals surface area contributed by atoms with Crippen molar-refractivity contribution in [2.75, 3.05) is 26.3 Å². The Morgan fingerprint density at radius 2 is 2.42 bits per heavy atom. The van der Waals surface area contributed by atoms with Crippen LogP contribution in [0.5, 0.6) is 0 Å². The number of alkyl halides is 1. The van der Waals surface area contributed by atoms with Crippen LogP contribution in [-0.2, 0) is 4.74 Å². The van der Waals surface area contributed by atoms with Gasteiger partial charge in [0.05, 0.1) is 6.61 Å². The Bertz CT molecular complexity index is 151. The number of hydrogen-bond acceptors (Lipinski definition) is 2. The van der Waals surface area contributed by atoms with Crippen molar-refractivity contribution in [3.05, 3.63) is 0 Å². The van der Waals surface area contributed by atoms with Crippen LogP contribution in [0.25, 0.3) is 0 Å². The van der Waals surface area contributed by atoms with E-state index in [0.29, 0.717) is 13.0 Å². The minimum absolute atomic E-state index is 0.121. The van der Waals surface area contributed by atoms with E-state index in [9.17, 15) is 4.39 Å². The summed E-state index contributed by atoms with van der Waals surface area (Å²) >= 11 is 0. The zero-order valence-corrected chi connectivity index (χ0v) is 7.31. The molecule has 2 heterocycles. The molecule has 0 aromatic rings. The standard InChI is InChI=1S/C9H16FNO/c10-8-4-9(6-11-5-8)2-1-3-12-7-9/h8,11H,1-7H2. The molecule has 2 rings (SSSR count). The maximum absolute atomic E-state index is 13.1. The van der Waals surface area contributed by atoms with Crippen LogP contribution in [0.2, 0.25) is 0 Å². The Morgan fingerprint density at radius 1 is 1.50 bits per heavy atom. The summed E-state index contributed by atoms with van der Waals surface area (Å²) in [6, 6.07) is 0. The van der Waals surface area contributed by atoms with E-state index in [1.807, 2.05) is 0 Å². The van der Waals surface area contributed by atoms with Crippen LogP contribution in [0.1, 0.15) is 19.3 Å². The third-order valence-electron chi connectivity index (χ3n) is 2.92. The highest BCUT2D eigenvalue weighted by Crippen LogP contribution is 2.35. The molecular weight excluding hydrogens is 157 g/mol. The van der Waals surface area contributed by atoms with Crippen molar-refractivity contribution >= 4 is 0 Å². The minimum Gasteiger partial charge on any atom is -0.381 e. The molecule has 1 N–H and O–H groups in total. The summed E-state index contributed by atoms with van der Waals surface area (Å²) in [5, 5.41) is 3.14. The lowest BCUT2D eigenvalue weighted by Gasteiger charge is -2.41. The summed E-state index contributed by atoms with van der Waals surface area (Å²) in [5.74, 6) is 0. The molecular formula is C9H16FNO. The lowest BCUT2D eigenvalue weighted by atomic mass is 9.76. The summed E-state index contributed by atoms with van der Waals surface area (Å²) in [6.45, 7) is 3.08. The largest absolute Gasteiger partial charge is 0.381 e.